The molecule has 138 valence electrons. The Bertz CT molecular complexity index is 955. The number of hydrogen-bond acceptors (Lipinski definition) is 5. The Hall–Kier alpha value is -3.22. The number of amides is 1. The summed E-state index contributed by atoms with van der Waals surface area (Å²) < 4.78 is 24.8. The van der Waals surface area contributed by atoms with E-state index in [0.717, 1.165) is 11.3 Å². The minimum absolute atomic E-state index is 0.161. The fraction of sp³-hybridized carbons (Fsp3) is 0.250. The van der Waals surface area contributed by atoms with Crippen LogP contribution in [0.2, 0.25) is 0 Å². The summed E-state index contributed by atoms with van der Waals surface area (Å²) in [5.41, 5.74) is 1.07. The first-order chi connectivity index (χ1) is 13.2. The number of para-hydroxylation sites is 1. The van der Waals surface area contributed by atoms with E-state index in [9.17, 15) is 9.18 Å². The molecule has 1 fully saturated rings. The number of anilines is 1. The molecule has 1 unspecified atom stereocenters. The number of rotatable bonds is 5. The van der Waals surface area contributed by atoms with Gasteiger partial charge in [0.2, 0.25) is 17.6 Å². The van der Waals surface area contributed by atoms with Gasteiger partial charge in [-0.2, -0.15) is 4.98 Å². The summed E-state index contributed by atoms with van der Waals surface area (Å²) in [6, 6.07) is 13.6. The fourth-order valence-electron chi connectivity index (χ4n) is 3.16. The molecule has 1 aliphatic rings. The topological polar surface area (TPSA) is 68.5 Å². The predicted molar refractivity (Wildman–Crippen MR) is 97.0 cm³/mol. The second kappa shape index (κ2) is 7.19. The Morgan fingerprint density at radius 3 is 2.74 bits per heavy atom. The standard InChI is InChI=1S/C20H18FN3O3/c1-2-26-15-9-7-13(8-10-15)19-22-20(27-23-19)14-11-18(25)24(12-14)17-6-4-3-5-16(17)21/h3-10,14H,2,11-12H2,1H3. The lowest BCUT2D eigenvalue weighted by atomic mass is 10.1. The Balaban J connectivity index is 1.52. The van der Waals surface area contributed by atoms with Crippen molar-refractivity contribution in [2.45, 2.75) is 19.3 Å². The predicted octanol–water partition coefficient (Wildman–Crippen LogP) is 3.79. The van der Waals surface area contributed by atoms with E-state index in [1.54, 1.807) is 18.2 Å². The Labute approximate surface area is 155 Å². The smallest absolute Gasteiger partial charge is 0.232 e. The van der Waals surface area contributed by atoms with Crippen LogP contribution in [0.25, 0.3) is 11.4 Å². The van der Waals surface area contributed by atoms with Gasteiger partial charge in [-0.15, -0.1) is 0 Å². The summed E-state index contributed by atoms with van der Waals surface area (Å²) >= 11 is 0. The highest BCUT2D eigenvalue weighted by molar-refractivity contribution is 5.96. The lowest BCUT2D eigenvalue weighted by molar-refractivity contribution is -0.117. The van der Waals surface area contributed by atoms with E-state index in [0.29, 0.717) is 24.9 Å². The van der Waals surface area contributed by atoms with E-state index < -0.39 is 5.82 Å². The normalized spacial score (nSPS) is 16.7. The van der Waals surface area contributed by atoms with Gasteiger partial charge in [0.15, 0.2) is 0 Å². The number of carbonyl (C=O) groups excluding carboxylic acids is 1. The van der Waals surface area contributed by atoms with Gasteiger partial charge in [-0.05, 0) is 43.3 Å². The first kappa shape index (κ1) is 17.2. The van der Waals surface area contributed by atoms with E-state index in [2.05, 4.69) is 10.1 Å². The van der Waals surface area contributed by atoms with Crippen molar-refractivity contribution in [3.8, 4) is 17.1 Å². The highest BCUT2D eigenvalue weighted by Crippen LogP contribution is 2.33. The van der Waals surface area contributed by atoms with Crippen molar-refractivity contribution < 1.29 is 18.4 Å². The molecule has 1 aliphatic heterocycles. The van der Waals surface area contributed by atoms with Crippen molar-refractivity contribution in [1.82, 2.24) is 10.1 Å². The Morgan fingerprint density at radius 2 is 2.00 bits per heavy atom. The summed E-state index contributed by atoms with van der Waals surface area (Å²) in [7, 11) is 0. The van der Waals surface area contributed by atoms with Gasteiger partial charge < -0.3 is 14.2 Å². The molecule has 6 nitrogen and oxygen atoms in total. The molecule has 27 heavy (non-hydrogen) atoms. The molecule has 1 amide bonds. The molecule has 7 heteroatoms. The van der Waals surface area contributed by atoms with E-state index in [1.807, 2.05) is 31.2 Å². The third-order valence-electron chi connectivity index (χ3n) is 4.48. The number of hydrogen-bond donors (Lipinski definition) is 0. The molecular weight excluding hydrogens is 349 g/mol. The average molecular weight is 367 g/mol. The SMILES string of the molecule is CCOc1ccc(-c2noc(C3CC(=O)N(c4ccccc4F)C3)n2)cc1. The van der Waals surface area contributed by atoms with Gasteiger partial charge in [0.05, 0.1) is 18.2 Å². The number of nitrogens with zero attached hydrogens (tertiary/aromatic N) is 3. The van der Waals surface area contributed by atoms with Crippen LogP contribution in [-0.2, 0) is 4.79 Å². The summed E-state index contributed by atoms with van der Waals surface area (Å²) in [6.45, 7) is 2.83. The molecule has 1 saturated heterocycles. The van der Waals surface area contributed by atoms with E-state index >= 15 is 0 Å². The molecule has 2 aromatic carbocycles. The van der Waals surface area contributed by atoms with Gasteiger partial charge in [0, 0.05) is 18.5 Å². The van der Waals surface area contributed by atoms with E-state index in [4.69, 9.17) is 9.26 Å². The number of benzene rings is 2. The molecule has 0 radical (unpaired) electrons. The number of halogens is 1. The van der Waals surface area contributed by atoms with Crippen molar-refractivity contribution in [2.24, 2.45) is 0 Å². The van der Waals surface area contributed by atoms with Crippen LogP contribution in [0.15, 0.2) is 53.1 Å². The maximum Gasteiger partial charge on any atom is 0.232 e. The van der Waals surface area contributed by atoms with Gasteiger partial charge in [0.1, 0.15) is 11.6 Å². The molecule has 0 spiro atoms. The Kier molecular flexibility index (Phi) is 4.58. The molecule has 1 atom stereocenters. The van der Waals surface area contributed by atoms with Crippen molar-refractivity contribution in [3.05, 3.63) is 60.2 Å². The van der Waals surface area contributed by atoms with Crippen molar-refractivity contribution >= 4 is 11.6 Å². The highest BCUT2D eigenvalue weighted by Gasteiger charge is 2.36. The minimum atomic E-state index is -0.424. The minimum Gasteiger partial charge on any atom is -0.494 e. The van der Waals surface area contributed by atoms with Crippen molar-refractivity contribution in [2.75, 3.05) is 18.1 Å². The zero-order chi connectivity index (χ0) is 18.8. The van der Waals surface area contributed by atoms with Crippen LogP contribution in [0.4, 0.5) is 10.1 Å². The van der Waals surface area contributed by atoms with Crippen LogP contribution < -0.4 is 9.64 Å². The summed E-state index contributed by atoms with van der Waals surface area (Å²) in [4.78, 5) is 18.2. The zero-order valence-corrected chi connectivity index (χ0v) is 14.8. The van der Waals surface area contributed by atoms with Gasteiger partial charge in [0.25, 0.3) is 0 Å². The maximum atomic E-state index is 14.0. The summed E-state index contributed by atoms with van der Waals surface area (Å²) in [6.07, 6.45) is 0.208. The first-order valence-electron chi connectivity index (χ1n) is 8.77. The van der Waals surface area contributed by atoms with Crippen LogP contribution in [0.3, 0.4) is 0 Å². The lowest BCUT2D eigenvalue weighted by Gasteiger charge is -2.16. The van der Waals surface area contributed by atoms with Gasteiger partial charge >= 0.3 is 0 Å². The van der Waals surface area contributed by atoms with Crippen LogP contribution in [-0.4, -0.2) is 29.2 Å². The third kappa shape index (κ3) is 3.40. The molecule has 4 rings (SSSR count). The van der Waals surface area contributed by atoms with Crippen molar-refractivity contribution in [1.29, 1.82) is 0 Å². The van der Waals surface area contributed by atoms with Gasteiger partial charge in [-0.25, -0.2) is 4.39 Å². The second-order valence-electron chi connectivity index (χ2n) is 6.27. The van der Waals surface area contributed by atoms with Crippen LogP contribution in [0.5, 0.6) is 5.75 Å². The molecule has 3 aromatic rings. The molecule has 0 saturated carbocycles. The highest BCUT2D eigenvalue weighted by atomic mass is 19.1. The van der Waals surface area contributed by atoms with Crippen LogP contribution in [0, 0.1) is 5.82 Å². The fourth-order valence-corrected chi connectivity index (χ4v) is 3.16. The molecule has 1 aromatic heterocycles. The molecule has 0 bridgehead atoms. The number of aromatic nitrogens is 2. The lowest BCUT2D eigenvalue weighted by Crippen LogP contribution is -2.25. The quantitative estimate of drug-likeness (QED) is 0.686. The van der Waals surface area contributed by atoms with Crippen LogP contribution in [0.1, 0.15) is 25.2 Å². The zero-order valence-electron chi connectivity index (χ0n) is 14.8. The van der Waals surface area contributed by atoms with E-state index in [1.165, 1.54) is 11.0 Å². The summed E-state index contributed by atoms with van der Waals surface area (Å²) in [5.74, 6) is 0.752. The van der Waals surface area contributed by atoms with E-state index in [-0.39, 0.29) is 23.9 Å². The van der Waals surface area contributed by atoms with Crippen LogP contribution >= 0.6 is 0 Å². The van der Waals surface area contributed by atoms with Gasteiger partial charge in [-0.1, -0.05) is 17.3 Å². The number of ether oxygens (including phenoxy) is 1. The third-order valence-corrected chi connectivity index (χ3v) is 4.48. The molecular formula is C20H18FN3O3. The number of carbonyl (C=O) groups is 1. The Morgan fingerprint density at radius 1 is 1.22 bits per heavy atom. The first-order valence-corrected chi connectivity index (χ1v) is 8.77. The largest absolute Gasteiger partial charge is 0.494 e. The molecule has 0 aliphatic carbocycles. The average Bonchev–Trinajstić information content (AvgIpc) is 3.30. The van der Waals surface area contributed by atoms with Crippen molar-refractivity contribution in [3.63, 3.8) is 0 Å². The molecule has 0 N–H and O–H groups in total. The molecule has 2 heterocycles. The monoisotopic (exact) mass is 367 g/mol. The second-order valence-corrected chi connectivity index (χ2v) is 6.27. The van der Waals surface area contributed by atoms with Gasteiger partial charge in [-0.3, -0.25) is 4.79 Å². The maximum absolute atomic E-state index is 14.0. The summed E-state index contributed by atoms with van der Waals surface area (Å²) in [5, 5.41) is 4.02.